The summed E-state index contributed by atoms with van der Waals surface area (Å²) in [5.74, 6) is -0.948. The number of amides is 1. The highest BCUT2D eigenvalue weighted by Gasteiger charge is 2.25. The molecular formula is C18H17ClN2O. The van der Waals surface area contributed by atoms with Gasteiger partial charge in [0.2, 0.25) is 5.91 Å². The molecule has 0 fully saturated rings. The molecular weight excluding hydrogens is 296 g/mol. The van der Waals surface area contributed by atoms with E-state index in [0.29, 0.717) is 18.0 Å². The third kappa shape index (κ3) is 3.66. The zero-order valence-corrected chi connectivity index (χ0v) is 13.1. The van der Waals surface area contributed by atoms with Gasteiger partial charge in [0.15, 0.2) is 0 Å². The van der Waals surface area contributed by atoms with Crippen LogP contribution in [0.15, 0.2) is 54.6 Å². The van der Waals surface area contributed by atoms with Gasteiger partial charge in [-0.3, -0.25) is 4.79 Å². The highest BCUT2D eigenvalue weighted by molar-refractivity contribution is 6.31. The summed E-state index contributed by atoms with van der Waals surface area (Å²) in [6.45, 7) is 2.42. The SMILES string of the molecule is CCN(C(=O)C(C#N)Cc1ccccc1Cl)c1ccccc1. The standard InChI is InChI=1S/C18H17ClN2O/c1-2-21(16-9-4-3-5-10-16)18(22)15(13-20)12-14-8-6-7-11-17(14)19/h3-11,15H,2,12H2,1H3. The quantitative estimate of drug-likeness (QED) is 0.835. The van der Waals surface area contributed by atoms with Gasteiger partial charge in [-0.2, -0.15) is 5.26 Å². The van der Waals surface area contributed by atoms with Crippen molar-refractivity contribution in [1.82, 2.24) is 0 Å². The fourth-order valence-corrected chi connectivity index (χ4v) is 2.55. The first-order valence-corrected chi connectivity index (χ1v) is 7.54. The highest BCUT2D eigenvalue weighted by atomic mass is 35.5. The third-order valence-electron chi connectivity index (χ3n) is 3.49. The third-order valence-corrected chi connectivity index (χ3v) is 3.85. The smallest absolute Gasteiger partial charge is 0.244 e. The van der Waals surface area contributed by atoms with E-state index in [1.54, 1.807) is 11.0 Å². The predicted molar refractivity (Wildman–Crippen MR) is 88.7 cm³/mol. The van der Waals surface area contributed by atoms with Crippen molar-refractivity contribution in [2.45, 2.75) is 13.3 Å². The summed E-state index contributed by atoms with van der Waals surface area (Å²) in [6, 6.07) is 18.8. The monoisotopic (exact) mass is 312 g/mol. The number of hydrogen-bond acceptors (Lipinski definition) is 2. The number of hydrogen-bond donors (Lipinski definition) is 0. The van der Waals surface area contributed by atoms with Gasteiger partial charge in [-0.1, -0.05) is 48.0 Å². The first kappa shape index (κ1) is 16.1. The average Bonchev–Trinajstić information content (AvgIpc) is 2.55. The molecule has 0 spiro atoms. The van der Waals surface area contributed by atoms with Crippen molar-refractivity contribution in [2.75, 3.05) is 11.4 Å². The summed E-state index contributed by atoms with van der Waals surface area (Å²) in [5, 5.41) is 9.98. The summed E-state index contributed by atoms with van der Waals surface area (Å²) >= 11 is 6.13. The van der Waals surface area contributed by atoms with E-state index in [2.05, 4.69) is 6.07 Å². The van der Waals surface area contributed by atoms with Crippen LogP contribution >= 0.6 is 11.6 Å². The summed E-state index contributed by atoms with van der Waals surface area (Å²) in [4.78, 5) is 14.3. The fourth-order valence-electron chi connectivity index (χ4n) is 2.33. The Hall–Kier alpha value is -2.31. The number of carbonyl (C=O) groups excluding carboxylic acids is 1. The molecule has 0 saturated heterocycles. The van der Waals surface area contributed by atoms with E-state index in [4.69, 9.17) is 11.6 Å². The minimum Gasteiger partial charge on any atom is -0.312 e. The van der Waals surface area contributed by atoms with E-state index < -0.39 is 5.92 Å². The van der Waals surface area contributed by atoms with Crippen molar-refractivity contribution < 1.29 is 4.79 Å². The Morgan fingerprint density at radius 1 is 1.18 bits per heavy atom. The Labute approximate surface area is 135 Å². The number of halogens is 1. The van der Waals surface area contributed by atoms with Crippen LogP contribution in [0.4, 0.5) is 5.69 Å². The van der Waals surface area contributed by atoms with Gasteiger partial charge in [0.05, 0.1) is 6.07 Å². The molecule has 2 aromatic rings. The molecule has 1 atom stereocenters. The Bertz CT molecular complexity index is 679. The first-order valence-electron chi connectivity index (χ1n) is 7.16. The molecule has 0 heterocycles. The average molecular weight is 313 g/mol. The number of nitrogens with zero attached hydrogens (tertiary/aromatic N) is 2. The maximum Gasteiger partial charge on any atom is 0.244 e. The number of para-hydroxylation sites is 1. The lowest BCUT2D eigenvalue weighted by atomic mass is 9.99. The van der Waals surface area contributed by atoms with E-state index in [1.807, 2.05) is 55.5 Å². The molecule has 0 saturated carbocycles. The predicted octanol–water partition coefficient (Wildman–Crippen LogP) is 4.08. The van der Waals surface area contributed by atoms with E-state index in [1.165, 1.54) is 0 Å². The van der Waals surface area contributed by atoms with Crippen molar-refractivity contribution in [3.05, 3.63) is 65.2 Å². The molecule has 0 aromatic heterocycles. The van der Waals surface area contributed by atoms with Crippen LogP contribution in [0, 0.1) is 17.2 Å². The lowest BCUT2D eigenvalue weighted by Gasteiger charge is -2.23. The van der Waals surface area contributed by atoms with Crippen molar-refractivity contribution in [3.63, 3.8) is 0 Å². The molecule has 0 aliphatic heterocycles. The lowest BCUT2D eigenvalue weighted by Crippen LogP contribution is -2.36. The van der Waals surface area contributed by atoms with Crippen LogP contribution in [0.25, 0.3) is 0 Å². The van der Waals surface area contributed by atoms with Crippen LogP contribution in [-0.2, 0) is 11.2 Å². The first-order chi connectivity index (χ1) is 10.7. The summed E-state index contributed by atoms with van der Waals surface area (Å²) in [6.07, 6.45) is 0.318. The summed E-state index contributed by atoms with van der Waals surface area (Å²) in [7, 11) is 0. The largest absolute Gasteiger partial charge is 0.312 e. The molecule has 0 aliphatic rings. The molecule has 2 aromatic carbocycles. The van der Waals surface area contributed by atoms with Crippen LogP contribution in [0.3, 0.4) is 0 Å². The van der Waals surface area contributed by atoms with Crippen LogP contribution in [-0.4, -0.2) is 12.5 Å². The Morgan fingerprint density at radius 3 is 2.41 bits per heavy atom. The van der Waals surface area contributed by atoms with Gasteiger partial charge in [0.25, 0.3) is 0 Å². The normalized spacial score (nSPS) is 11.5. The number of anilines is 1. The van der Waals surface area contributed by atoms with E-state index in [-0.39, 0.29) is 5.91 Å². The zero-order chi connectivity index (χ0) is 15.9. The van der Waals surface area contributed by atoms with E-state index in [9.17, 15) is 10.1 Å². The van der Waals surface area contributed by atoms with Crippen molar-refractivity contribution in [1.29, 1.82) is 5.26 Å². The topological polar surface area (TPSA) is 44.1 Å². The van der Waals surface area contributed by atoms with Crippen LogP contribution in [0.5, 0.6) is 0 Å². The summed E-state index contributed by atoms with van der Waals surface area (Å²) < 4.78 is 0. The zero-order valence-electron chi connectivity index (χ0n) is 12.4. The van der Waals surface area contributed by atoms with Gasteiger partial charge in [-0.25, -0.2) is 0 Å². The highest BCUT2D eigenvalue weighted by Crippen LogP contribution is 2.22. The second kappa shape index (κ2) is 7.63. The van der Waals surface area contributed by atoms with Crippen LogP contribution < -0.4 is 4.90 Å². The molecule has 0 N–H and O–H groups in total. The summed E-state index contributed by atoms with van der Waals surface area (Å²) in [5.41, 5.74) is 1.61. The van der Waals surface area contributed by atoms with Gasteiger partial charge in [0, 0.05) is 17.3 Å². The van der Waals surface area contributed by atoms with Crippen molar-refractivity contribution in [3.8, 4) is 6.07 Å². The Morgan fingerprint density at radius 2 is 1.82 bits per heavy atom. The van der Waals surface area contributed by atoms with Crippen LogP contribution in [0.1, 0.15) is 12.5 Å². The van der Waals surface area contributed by atoms with Crippen molar-refractivity contribution >= 4 is 23.2 Å². The minimum atomic E-state index is -0.750. The fraction of sp³-hybridized carbons (Fsp3) is 0.222. The number of rotatable bonds is 5. The number of benzene rings is 2. The van der Waals surface area contributed by atoms with Crippen LogP contribution in [0.2, 0.25) is 5.02 Å². The van der Waals surface area contributed by atoms with Gasteiger partial charge in [-0.05, 0) is 37.1 Å². The Kier molecular flexibility index (Phi) is 5.57. The maximum atomic E-state index is 12.7. The molecule has 1 amide bonds. The van der Waals surface area contributed by atoms with E-state index >= 15 is 0 Å². The van der Waals surface area contributed by atoms with E-state index in [0.717, 1.165) is 11.3 Å². The Balaban J connectivity index is 2.21. The minimum absolute atomic E-state index is 0.198. The molecule has 4 heteroatoms. The lowest BCUT2D eigenvalue weighted by molar-refractivity contribution is -0.120. The number of nitriles is 1. The second-order valence-electron chi connectivity index (χ2n) is 4.90. The maximum absolute atomic E-state index is 12.7. The second-order valence-corrected chi connectivity index (χ2v) is 5.30. The molecule has 1 unspecified atom stereocenters. The van der Waals surface area contributed by atoms with Gasteiger partial charge in [0.1, 0.15) is 5.92 Å². The molecule has 2 rings (SSSR count). The van der Waals surface area contributed by atoms with Crippen molar-refractivity contribution in [2.24, 2.45) is 5.92 Å². The molecule has 0 bridgehead atoms. The molecule has 0 aliphatic carbocycles. The molecule has 0 radical (unpaired) electrons. The molecule has 22 heavy (non-hydrogen) atoms. The molecule has 3 nitrogen and oxygen atoms in total. The molecule has 112 valence electrons. The number of carbonyl (C=O) groups is 1. The van der Waals surface area contributed by atoms with Gasteiger partial charge >= 0.3 is 0 Å². The van der Waals surface area contributed by atoms with Gasteiger partial charge in [-0.15, -0.1) is 0 Å². The van der Waals surface area contributed by atoms with Gasteiger partial charge < -0.3 is 4.90 Å².